The van der Waals surface area contributed by atoms with Crippen molar-refractivity contribution in [1.82, 2.24) is 0 Å². The minimum absolute atomic E-state index is 0.0635. The van der Waals surface area contributed by atoms with Crippen molar-refractivity contribution in [2.45, 2.75) is 6.18 Å². The summed E-state index contributed by atoms with van der Waals surface area (Å²) in [6.07, 6.45) is -4.72. The Morgan fingerprint density at radius 2 is 1.69 bits per heavy atom. The third-order valence-electron chi connectivity index (χ3n) is 3.84. The predicted molar refractivity (Wildman–Crippen MR) is 99.0 cm³/mol. The van der Waals surface area contributed by atoms with Gasteiger partial charge in [0.2, 0.25) is 5.75 Å². The lowest BCUT2D eigenvalue weighted by Crippen LogP contribution is -2.11. The molecular weight excluding hydrogens is 389 g/mol. The molecule has 0 radical (unpaired) electrons. The molecule has 1 amide bonds. The van der Waals surface area contributed by atoms with E-state index in [-0.39, 0.29) is 17.1 Å². The SMILES string of the molecule is O=C(Nc1ccccc1)c1cccc(Oc2ccc(C(F)(F)F)cc2[N+](=O)[O-])c1. The van der Waals surface area contributed by atoms with Crippen molar-refractivity contribution in [3.05, 3.63) is 94.0 Å². The fraction of sp³-hybridized carbons (Fsp3) is 0.0500. The summed E-state index contributed by atoms with van der Waals surface area (Å²) in [4.78, 5) is 22.6. The van der Waals surface area contributed by atoms with Gasteiger partial charge >= 0.3 is 11.9 Å². The summed E-state index contributed by atoms with van der Waals surface area (Å²) in [7, 11) is 0. The lowest BCUT2D eigenvalue weighted by atomic mass is 10.1. The topological polar surface area (TPSA) is 81.5 Å². The minimum Gasteiger partial charge on any atom is -0.450 e. The number of halogens is 3. The lowest BCUT2D eigenvalue weighted by molar-refractivity contribution is -0.385. The van der Waals surface area contributed by atoms with E-state index in [1.165, 1.54) is 24.3 Å². The highest BCUT2D eigenvalue weighted by Crippen LogP contribution is 2.37. The zero-order valence-electron chi connectivity index (χ0n) is 14.6. The van der Waals surface area contributed by atoms with Crippen LogP contribution in [0.3, 0.4) is 0 Å². The molecule has 3 aromatic carbocycles. The summed E-state index contributed by atoms with van der Waals surface area (Å²) < 4.78 is 43.8. The van der Waals surface area contributed by atoms with Crippen LogP contribution in [0.4, 0.5) is 24.5 Å². The number of alkyl halides is 3. The molecular formula is C20H13F3N2O4. The first kappa shape index (κ1) is 19.9. The molecule has 1 N–H and O–H groups in total. The molecule has 0 bridgehead atoms. The molecule has 3 rings (SSSR count). The number of rotatable bonds is 5. The van der Waals surface area contributed by atoms with E-state index in [9.17, 15) is 28.1 Å². The number of nitro groups is 1. The van der Waals surface area contributed by atoms with Gasteiger partial charge in [0, 0.05) is 17.3 Å². The first-order valence-electron chi connectivity index (χ1n) is 8.24. The van der Waals surface area contributed by atoms with E-state index in [2.05, 4.69) is 5.32 Å². The standard InChI is InChI=1S/C20H13F3N2O4/c21-20(22,23)14-9-10-18(17(12-14)25(27)28)29-16-8-4-5-13(11-16)19(26)24-15-6-2-1-3-7-15/h1-12H,(H,24,26). The number of hydrogen-bond donors (Lipinski definition) is 1. The van der Waals surface area contributed by atoms with Gasteiger partial charge in [-0.1, -0.05) is 24.3 Å². The average molecular weight is 402 g/mol. The zero-order valence-corrected chi connectivity index (χ0v) is 14.6. The van der Waals surface area contributed by atoms with Crippen LogP contribution in [-0.2, 0) is 6.18 Å². The molecule has 0 aliphatic carbocycles. The smallest absolute Gasteiger partial charge is 0.416 e. The van der Waals surface area contributed by atoms with E-state index >= 15 is 0 Å². The molecule has 29 heavy (non-hydrogen) atoms. The molecule has 0 saturated carbocycles. The average Bonchev–Trinajstić information content (AvgIpc) is 2.68. The highest BCUT2D eigenvalue weighted by Gasteiger charge is 2.33. The number of nitrogens with zero attached hydrogens (tertiary/aromatic N) is 1. The monoisotopic (exact) mass is 402 g/mol. The van der Waals surface area contributed by atoms with Crippen LogP contribution in [0.15, 0.2) is 72.8 Å². The Hall–Kier alpha value is -3.88. The zero-order chi connectivity index (χ0) is 21.0. The van der Waals surface area contributed by atoms with Gasteiger partial charge in [-0.15, -0.1) is 0 Å². The Morgan fingerprint density at radius 3 is 2.34 bits per heavy atom. The Kier molecular flexibility index (Phi) is 5.49. The molecule has 0 spiro atoms. The number of amides is 1. The van der Waals surface area contributed by atoms with E-state index in [1.807, 2.05) is 0 Å². The second-order valence-electron chi connectivity index (χ2n) is 5.89. The Balaban J connectivity index is 1.85. The number of carbonyl (C=O) groups is 1. The first-order valence-corrected chi connectivity index (χ1v) is 8.24. The van der Waals surface area contributed by atoms with Crippen LogP contribution in [0.2, 0.25) is 0 Å². The number of nitrogens with one attached hydrogen (secondary N) is 1. The quantitative estimate of drug-likeness (QED) is 0.441. The van der Waals surface area contributed by atoms with Gasteiger partial charge in [0.25, 0.3) is 5.91 Å². The molecule has 0 aliphatic heterocycles. The second kappa shape index (κ2) is 8.01. The highest BCUT2D eigenvalue weighted by molar-refractivity contribution is 6.04. The van der Waals surface area contributed by atoms with Crippen LogP contribution >= 0.6 is 0 Å². The molecule has 0 fully saturated rings. The van der Waals surface area contributed by atoms with E-state index in [4.69, 9.17) is 4.74 Å². The maximum atomic E-state index is 12.8. The van der Waals surface area contributed by atoms with E-state index in [0.717, 1.165) is 6.07 Å². The Labute approximate surface area is 162 Å². The van der Waals surface area contributed by atoms with E-state index in [1.54, 1.807) is 30.3 Å². The molecule has 148 valence electrons. The largest absolute Gasteiger partial charge is 0.450 e. The normalized spacial score (nSPS) is 11.0. The van der Waals surface area contributed by atoms with Crippen molar-refractivity contribution in [3.8, 4) is 11.5 Å². The van der Waals surface area contributed by atoms with Gasteiger partial charge in [-0.2, -0.15) is 13.2 Å². The fourth-order valence-corrected chi connectivity index (χ4v) is 2.48. The van der Waals surface area contributed by atoms with Crippen molar-refractivity contribution >= 4 is 17.3 Å². The first-order chi connectivity index (χ1) is 13.7. The van der Waals surface area contributed by atoms with Crippen molar-refractivity contribution in [2.24, 2.45) is 0 Å². The van der Waals surface area contributed by atoms with Gasteiger partial charge in [-0.05, 0) is 42.5 Å². The maximum Gasteiger partial charge on any atom is 0.416 e. The van der Waals surface area contributed by atoms with Crippen LogP contribution in [0, 0.1) is 10.1 Å². The summed E-state index contributed by atoms with van der Waals surface area (Å²) in [6.45, 7) is 0. The third-order valence-corrected chi connectivity index (χ3v) is 3.84. The number of carbonyl (C=O) groups excluding carboxylic acids is 1. The van der Waals surface area contributed by atoms with Crippen LogP contribution < -0.4 is 10.1 Å². The van der Waals surface area contributed by atoms with E-state index < -0.39 is 28.3 Å². The number of para-hydroxylation sites is 1. The van der Waals surface area contributed by atoms with Crippen molar-refractivity contribution in [3.63, 3.8) is 0 Å². The lowest BCUT2D eigenvalue weighted by Gasteiger charge is -2.11. The van der Waals surface area contributed by atoms with Crippen molar-refractivity contribution in [2.75, 3.05) is 5.32 Å². The summed E-state index contributed by atoms with van der Waals surface area (Å²) in [6, 6.07) is 16.4. The summed E-state index contributed by atoms with van der Waals surface area (Å²) in [5.41, 5.74) is -1.21. The molecule has 0 atom stereocenters. The van der Waals surface area contributed by atoms with Crippen LogP contribution in [-0.4, -0.2) is 10.8 Å². The molecule has 3 aromatic rings. The Morgan fingerprint density at radius 1 is 0.966 bits per heavy atom. The van der Waals surface area contributed by atoms with Gasteiger partial charge in [0.1, 0.15) is 5.75 Å². The molecule has 9 heteroatoms. The predicted octanol–water partition coefficient (Wildman–Crippen LogP) is 5.66. The van der Waals surface area contributed by atoms with Gasteiger partial charge in [-0.3, -0.25) is 14.9 Å². The Bertz CT molecular complexity index is 1050. The number of anilines is 1. The van der Waals surface area contributed by atoms with Gasteiger partial charge in [0.15, 0.2) is 0 Å². The van der Waals surface area contributed by atoms with E-state index in [0.29, 0.717) is 17.8 Å². The highest BCUT2D eigenvalue weighted by atomic mass is 19.4. The maximum absolute atomic E-state index is 12.8. The summed E-state index contributed by atoms with van der Waals surface area (Å²) in [5.74, 6) is -0.749. The number of nitro benzene ring substituents is 1. The summed E-state index contributed by atoms with van der Waals surface area (Å²) >= 11 is 0. The molecule has 0 heterocycles. The van der Waals surface area contributed by atoms with Crippen LogP contribution in [0.25, 0.3) is 0 Å². The fourth-order valence-electron chi connectivity index (χ4n) is 2.48. The third kappa shape index (κ3) is 4.89. The molecule has 0 saturated heterocycles. The summed E-state index contributed by atoms with van der Waals surface area (Å²) in [5, 5.41) is 13.8. The molecule has 6 nitrogen and oxygen atoms in total. The molecule has 0 aliphatic rings. The van der Waals surface area contributed by atoms with Crippen molar-refractivity contribution in [1.29, 1.82) is 0 Å². The number of ether oxygens (including phenoxy) is 1. The van der Waals surface area contributed by atoms with Crippen LogP contribution in [0.1, 0.15) is 15.9 Å². The second-order valence-corrected chi connectivity index (χ2v) is 5.89. The van der Waals surface area contributed by atoms with Crippen LogP contribution in [0.5, 0.6) is 11.5 Å². The van der Waals surface area contributed by atoms with Gasteiger partial charge in [-0.25, -0.2) is 0 Å². The number of benzene rings is 3. The number of hydrogen-bond acceptors (Lipinski definition) is 4. The van der Waals surface area contributed by atoms with Gasteiger partial charge in [0.05, 0.1) is 10.5 Å². The van der Waals surface area contributed by atoms with Gasteiger partial charge < -0.3 is 10.1 Å². The minimum atomic E-state index is -4.72. The molecule has 0 aromatic heterocycles. The molecule has 0 unspecified atom stereocenters. The van der Waals surface area contributed by atoms with Crippen molar-refractivity contribution < 1.29 is 27.6 Å².